The van der Waals surface area contributed by atoms with Crippen molar-refractivity contribution in [2.75, 3.05) is 165 Å². The fourth-order valence-electron chi connectivity index (χ4n) is 6.49. The van der Waals surface area contributed by atoms with Crippen LogP contribution in [0.1, 0.15) is 49.1 Å². The van der Waals surface area contributed by atoms with Gasteiger partial charge in [0.25, 0.3) is 11.8 Å². The van der Waals surface area contributed by atoms with Gasteiger partial charge >= 0.3 is 11.9 Å². The van der Waals surface area contributed by atoms with Crippen LogP contribution < -0.4 is 0 Å². The second-order valence-electron chi connectivity index (χ2n) is 14.7. The third-order valence-corrected chi connectivity index (χ3v) is 9.78. The molecule has 0 atom stereocenters. The standard InChI is InChI=1S/C47H69NO18/c49-44-11-12-45(50)48(44)66-47(52)13-15-54-17-19-56-21-23-58-25-27-60-29-31-62-33-35-64-37-36-63-34-32-61-30-28-59-26-24-57-22-20-55-18-16-53-14-5-10-46(51)65-38-43-41-8-3-1-6-39(41)40-7-2-4-9-42(40)43/h1-4,6-9,43H,5,10-38H2. The maximum Gasteiger partial charge on any atom is 0.335 e. The van der Waals surface area contributed by atoms with Gasteiger partial charge in [-0.3, -0.25) is 14.4 Å². The number of nitrogens with zero attached hydrogens (tertiary/aromatic N) is 1. The van der Waals surface area contributed by atoms with Crippen molar-refractivity contribution in [2.24, 2.45) is 0 Å². The number of amides is 2. The molecule has 0 radical (unpaired) electrons. The minimum atomic E-state index is -0.703. The van der Waals surface area contributed by atoms with E-state index in [0.717, 1.165) is 0 Å². The number of hydroxylamine groups is 2. The first-order chi connectivity index (χ1) is 32.5. The lowest BCUT2D eigenvalue weighted by Crippen LogP contribution is -2.32. The molecule has 2 aromatic carbocycles. The van der Waals surface area contributed by atoms with Crippen LogP contribution in [0.3, 0.4) is 0 Å². The monoisotopic (exact) mass is 935 g/mol. The molecule has 1 heterocycles. The highest BCUT2D eigenvalue weighted by molar-refractivity contribution is 6.01. The van der Waals surface area contributed by atoms with E-state index in [9.17, 15) is 19.2 Å². The van der Waals surface area contributed by atoms with Crippen LogP contribution in [-0.2, 0) is 85.6 Å². The average molecular weight is 936 g/mol. The van der Waals surface area contributed by atoms with Crippen LogP contribution in [0.15, 0.2) is 48.5 Å². The number of ether oxygens (including phenoxy) is 13. The second-order valence-corrected chi connectivity index (χ2v) is 14.7. The van der Waals surface area contributed by atoms with E-state index in [1.54, 1.807) is 0 Å². The van der Waals surface area contributed by atoms with Crippen molar-refractivity contribution in [3.63, 3.8) is 0 Å². The molecule has 2 amide bonds. The van der Waals surface area contributed by atoms with Crippen LogP contribution in [-0.4, -0.2) is 194 Å². The summed E-state index contributed by atoms with van der Waals surface area (Å²) in [6, 6.07) is 16.6. The van der Waals surface area contributed by atoms with Gasteiger partial charge < -0.3 is 66.4 Å². The third kappa shape index (κ3) is 23.7. The van der Waals surface area contributed by atoms with Gasteiger partial charge in [-0.15, -0.1) is 5.06 Å². The van der Waals surface area contributed by atoms with Crippen molar-refractivity contribution in [1.82, 2.24) is 5.06 Å². The Morgan fingerprint density at radius 1 is 0.409 bits per heavy atom. The molecule has 0 bridgehead atoms. The molecule has 1 aliphatic carbocycles. The highest BCUT2D eigenvalue weighted by Crippen LogP contribution is 2.44. The van der Waals surface area contributed by atoms with Gasteiger partial charge in [0.2, 0.25) is 0 Å². The van der Waals surface area contributed by atoms with Gasteiger partial charge in [0.05, 0.1) is 158 Å². The molecule has 0 aromatic heterocycles. The summed E-state index contributed by atoms with van der Waals surface area (Å²) in [4.78, 5) is 51.7. The lowest BCUT2D eigenvalue weighted by atomic mass is 9.98. The van der Waals surface area contributed by atoms with Gasteiger partial charge in [-0.05, 0) is 28.7 Å². The van der Waals surface area contributed by atoms with Crippen LogP contribution in [0.25, 0.3) is 11.1 Å². The lowest BCUT2D eigenvalue weighted by Gasteiger charge is -2.14. The average Bonchev–Trinajstić information content (AvgIpc) is 3.82. The minimum absolute atomic E-state index is 0.0544. The number of esters is 1. The molecule has 2 aliphatic rings. The molecule has 4 rings (SSSR count). The fraction of sp³-hybridized carbons (Fsp3) is 0.660. The number of hydrogen-bond acceptors (Lipinski definition) is 18. The Labute approximate surface area is 387 Å². The van der Waals surface area contributed by atoms with Gasteiger partial charge in [-0.2, -0.15) is 0 Å². The minimum Gasteiger partial charge on any atom is -0.465 e. The Bertz CT molecular complexity index is 1570. The molecule has 66 heavy (non-hydrogen) atoms. The summed E-state index contributed by atoms with van der Waals surface area (Å²) in [5.74, 6) is -1.88. The Balaban J connectivity index is 0.753. The Morgan fingerprint density at radius 3 is 1.09 bits per heavy atom. The summed E-state index contributed by atoms with van der Waals surface area (Å²) >= 11 is 0. The van der Waals surface area contributed by atoms with Crippen LogP contribution in [0, 0.1) is 0 Å². The zero-order valence-electron chi connectivity index (χ0n) is 38.2. The lowest BCUT2D eigenvalue weighted by molar-refractivity contribution is -0.198. The molecule has 1 aliphatic heterocycles. The maximum atomic E-state index is 12.4. The highest BCUT2D eigenvalue weighted by Gasteiger charge is 2.33. The number of carbonyl (C=O) groups excluding carboxylic acids is 4. The first kappa shape index (κ1) is 54.6. The van der Waals surface area contributed by atoms with Crippen LogP contribution in [0.2, 0.25) is 0 Å². The van der Waals surface area contributed by atoms with Gasteiger partial charge in [-0.1, -0.05) is 48.5 Å². The van der Waals surface area contributed by atoms with Crippen LogP contribution >= 0.6 is 0 Å². The molecule has 0 spiro atoms. The summed E-state index contributed by atoms with van der Waals surface area (Å²) in [6.07, 6.45) is 0.940. The normalized spacial score (nSPS) is 13.4. The zero-order chi connectivity index (χ0) is 46.5. The SMILES string of the molecule is O=C(CCCOCCOCCOCCOCCOCCOCCOCCOCCOCCOCCOCCOCCC(=O)ON1C(=O)CCC1=O)OCC1c2ccccc2-c2ccccc21. The van der Waals surface area contributed by atoms with E-state index in [4.69, 9.17) is 66.4 Å². The van der Waals surface area contributed by atoms with E-state index < -0.39 is 17.8 Å². The zero-order valence-corrected chi connectivity index (χ0v) is 38.2. The molecule has 370 valence electrons. The predicted molar refractivity (Wildman–Crippen MR) is 236 cm³/mol. The van der Waals surface area contributed by atoms with Crippen molar-refractivity contribution >= 4 is 23.8 Å². The summed E-state index contributed by atoms with van der Waals surface area (Å²) in [5.41, 5.74) is 4.84. The third-order valence-electron chi connectivity index (χ3n) is 9.78. The van der Waals surface area contributed by atoms with Gasteiger partial charge in [-0.25, -0.2) is 4.79 Å². The van der Waals surface area contributed by atoms with Crippen molar-refractivity contribution in [1.29, 1.82) is 0 Å². The number of carbonyl (C=O) groups is 4. The van der Waals surface area contributed by atoms with E-state index in [1.165, 1.54) is 22.3 Å². The summed E-state index contributed by atoms with van der Waals surface area (Å²) < 4.78 is 71.4. The predicted octanol–water partition coefficient (Wildman–Crippen LogP) is 3.32. The smallest absolute Gasteiger partial charge is 0.335 e. The Kier molecular flexibility index (Phi) is 29.9. The number of fused-ring (bicyclic) bond motifs is 3. The Morgan fingerprint density at radius 2 is 0.727 bits per heavy atom. The second kappa shape index (κ2) is 36.1. The number of hydrogen-bond donors (Lipinski definition) is 0. The number of imide groups is 1. The van der Waals surface area contributed by atoms with Crippen molar-refractivity contribution < 1.29 is 85.6 Å². The number of rotatable bonds is 43. The molecule has 19 nitrogen and oxygen atoms in total. The van der Waals surface area contributed by atoms with Crippen LogP contribution in [0.4, 0.5) is 0 Å². The van der Waals surface area contributed by atoms with E-state index in [1.807, 2.05) is 24.3 Å². The highest BCUT2D eigenvalue weighted by atomic mass is 16.7. The van der Waals surface area contributed by atoms with Gasteiger partial charge in [0, 0.05) is 31.8 Å². The maximum absolute atomic E-state index is 12.4. The molecule has 0 unspecified atom stereocenters. The van der Waals surface area contributed by atoms with E-state index in [2.05, 4.69) is 24.3 Å². The molecule has 1 saturated heterocycles. The molecule has 19 heteroatoms. The van der Waals surface area contributed by atoms with E-state index in [-0.39, 0.29) is 44.4 Å². The number of benzene rings is 2. The first-order valence-electron chi connectivity index (χ1n) is 22.9. The van der Waals surface area contributed by atoms with Crippen LogP contribution in [0.5, 0.6) is 0 Å². The Hall–Kier alpha value is -3.96. The molecule has 2 aromatic rings. The van der Waals surface area contributed by atoms with Gasteiger partial charge in [0.1, 0.15) is 6.61 Å². The van der Waals surface area contributed by atoms with E-state index >= 15 is 0 Å². The van der Waals surface area contributed by atoms with E-state index in [0.29, 0.717) is 170 Å². The molecule has 0 saturated carbocycles. The quantitative estimate of drug-likeness (QED) is 0.0532. The summed E-state index contributed by atoms with van der Waals surface area (Å²) in [7, 11) is 0. The first-order valence-corrected chi connectivity index (χ1v) is 22.9. The van der Waals surface area contributed by atoms with Crippen molar-refractivity contribution in [3.05, 3.63) is 59.7 Å². The molecule has 0 N–H and O–H groups in total. The fourth-order valence-corrected chi connectivity index (χ4v) is 6.49. The molecular weight excluding hydrogens is 867 g/mol. The van der Waals surface area contributed by atoms with Crippen molar-refractivity contribution in [3.8, 4) is 11.1 Å². The summed E-state index contributed by atoms with van der Waals surface area (Å²) in [6.45, 7) is 10.6. The topological polar surface area (TPSA) is 201 Å². The van der Waals surface area contributed by atoms with Crippen molar-refractivity contribution in [2.45, 2.75) is 38.0 Å². The molecular formula is C47H69NO18. The van der Waals surface area contributed by atoms with Gasteiger partial charge in [0.15, 0.2) is 0 Å². The summed E-state index contributed by atoms with van der Waals surface area (Å²) in [5, 5.41) is 0.517. The largest absolute Gasteiger partial charge is 0.465 e. The molecule has 1 fully saturated rings.